The van der Waals surface area contributed by atoms with Gasteiger partial charge in [-0.05, 0) is 44.4 Å². The van der Waals surface area contributed by atoms with Crippen molar-refractivity contribution in [1.29, 1.82) is 0 Å². The van der Waals surface area contributed by atoms with E-state index >= 15 is 0 Å². The van der Waals surface area contributed by atoms with E-state index in [1.54, 1.807) is 0 Å². The summed E-state index contributed by atoms with van der Waals surface area (Å²) in [5, 5.41) is 21.3. The van der Waals surface area contributed by atoms with Crippen molar-refractivity contribution in [3.63, 3.8) is 0 Å². The molecule has 0 aliphatic carbocycles. The van der Waals surface area contributed by atoms with Crippen LogP contribution < -0.4 is 16.1 Å². The number of amidine groups is 1. The predicted octanol–water partition coefficient (Wildman–Crippen LogP) is 3.27. The molecule has 0 unspecified atom stereocenters. The predicted molar refractivity (Wildman–Crippen MR) is 90.9 cm³/mol. The number of anilines is 2. The van der Waals surface area contributed by atoms with Crippen molar-refractivity contribution in [2.24, 2.45) is 4.99 Å². The zero-order valence-electron chi connectivity index (χ0n) is 12.7. The van der Waals surface area contributed by atoms with Gasteiger partial charge in [0.15, 0.2) is 11.5 Å². The molecule has 0 saturated carbocycles. The van der Waals surface area contributed by atoms with Gasteiger partial charge in [-0.2, -0.15) is 0 Å². The molecule has 26 heavy (non-hydrogen) atoms. The van der Waals surface area contributed by atoms with Crippen molar-refractivity contribution < 1.29 is 23.4 Å². The molecule has 10 nitrogen and oxygen atoms in total. The monoisotopic (exact) mass is 424 g/mol. The first-order valence-electron chi connectivity index (χ1n) is 6.94. The van der Waals surface area contributed by atoms with Gasteiger partial charge < -0.3 is 9.73 Å². The second kappa shape index (κ2) is 7.76. The molecule has 3 aromatic rings. The number of rotatable bonds is 4. The van der Waals surface area contributed by atoms with E-state index in [4.69, 9.17) is 4.42 Å². The van der Waals surface area contributed by atoms with Crippen LogP contribution in [0.15, 0.2) is 55.3 Å². The lowest BCUT2D eigenvalue weighted by molar-refractivity contribution is 0.234. The molecule has 0 saturated heterocycles. The second-order valence-electron chi connectivity index (χ2n) is 4.72. The number of aliphatic imine (C=N–C) groups is 1. The lowest BCUT2D eigenvalue weighted by Gasteiger charge is -2.05. The van der Waals surface area contributed by atoms with Gasteiger partial charge in [-0.15, -0.1) is 0 Å². The number of halogens is 2. The van der Waals surface area contributed by atoms with Crippen LogP contribution in [0.1, 0.15) is 5.69 Å². The standard InChI is InChI=1S/C14H10BrFN6O4/c15-9-5-7(1-2-10(9)16)17-12(20-24)11-13(22-26-21-11)19-14(23)18-8-3-4-25-6-8/h1-6,24H,(H,17,20)(H2,18,19,22,23). The minimum atomic E-state index is -0.648. The number of hydroxylamine groups is 1. The van der Waals surface area contributed by atoms with Crippen molar-refractivity contribution in [3.05, 3.63) is 52.8 Å². The highest BCUT2D eigenvalue weighted by molar-refractivity contribution is 9.10. The van der Waals surface area contributed by atoms with Crippen LogP contribution >= 0.6 is 15.9 Å². The van der Waals surface area contributed by atoms with Gasteiger partial charge in [0.1, 0.15) is 12.1 Å². The number of aromatic nitrogens is 2. The van der Waals surface area contributed by atoms with E-state index in [-0.39, 0.29) is 21.8 Å². The van der Waals surface area contributed by atoms with Crippen molar-refractivity contribution >= 4 is 45.0 Å². The first-order chi connectivity index (χ1) is 12.6. The van der Waals surface area contributed by atoms with Crippen LogP contribution in [0.4, 0.5) is 26.4 Å². The SMILES string of the molecule is O=C(Nc1ccoc1)Nc1nonc1C(=Nc1ccc(F)c(Br)c1)NO. The molecule has 0 aliphatic heterocycles. The molecule has 1 aromatic carbocycles. The fourth-order valence-corrected chi connectivity index (χ4v) is 2.21. The number of hydrogen-bond donors (Lipinski definition) is 4. The Balaban J connectivity index is 1.81. The molecule has 0 fully saturated rings. The Morgan fingerprint density at radius 3 is 2.81 bits per heavy atom. The quantitative estimate of drug-likeness (QED) is 0.286. The average Bonchev–Trinajstić information content (AvgIpc) is 3.28. The van der Waals surface area contributed by atoms with E-state index in [0.29, 0.717) is 11.4 Å². The van der Waals surface area contributed by atoms with E-state index < -0.39 is 11.8 Å². The summed E-state index contributed by atoms with van der Waals surface area (Å²) in [7, 11) is 0. The summed E-state index contributed by atoms with van der Waals surface area (Å²) in [6, 6.07) is 4.85. The molecule has 134 valence electrons. The van der Waals surface area contributed by atoms with Gasteiger partial charge in [0.05, 0.1) is 22.1 Å². The minimum absolute atomic E-state index is 0.0738. The fraction of sp³-hybridized carbons (Fsp3) is 0. The third kappa shape index (κ3) is 4.04. The number of urea groups is 1. The molecule has 0 atom stereocenters. The fourth-order valence-electron chi connectivity index (χ4n) is 1.85. The largest absolute Gasteiger partial charge is 0.470 e. The van der Waals surface area contributed by atoms with E-state index in [1.165, 1.54) is 36.8 Å². The summed E-state index contributed by atoms with van der Waals surface area (Å²) in [6.07, 6.45) is 2.72. The zero-order valence-corrected chi connectivity index (χ0v) is 14.3. The van der Waals surface area contributed by atoms with Crippen LogP contribution in [0.2, 0.25) is 0 Å². The van der Waals surface area contributed by atoms with Crippen LogP contribution in [-0.4, -0.2) is 27.4 Å². The molecule has 0 aliphatic rings. The first kappa shape index (κ1) is 17.6. The molecule has 2 heterocycles. The number of carbonyl (C=O) groups excluding carboxylic acids is 1. The highest BCUT2D eigenvalue weighted by Gasteiger charge is 2.19. The average molecular weight is 425 g/mol. The van der Waals surface area contributed by atoms with Gasteiger partial charge in [-0.25, -0.2) is 18.8 Å². The number of nitrogens with one attached hydrogen (secondary N) is 3. The van der Waals surface area contributed by atoms with Crippen LogP contribution in [0.5, 0.6) is 0 Å². The van der Waals surface area contributed by atoms with Gasteiger partial charge in [-0.3, -0.25) is 16.0 Å². The van der Waals surface area contributed by atoms with Crippen LogP contribution in [0, 0.1) is 5.82 Å². The third-order valence-electron chi connectivity index (χ3n) is 2.97. The van der Waals surface area contributed by atoms with Gasteiger partial charge >= 0.3 is 6.03 Å². The summed E-state index contributed by atoms with van der Waals surface area (Å²) >= 11 is 3.04. The highest BCUT2D eigenvalue weighted by Crippen LogP contribution is 2.23. The van der Waals surface area contributed by atoms with Gasteiger partial charge in [0.25, 0.3) is 0 Å². The number of nitrogens with zero attached hydrogens (tertiary/aromatic N) is 3. The molecular weight excluding hydrogens is 415 g/mol. The highest BCUT2D eigenvalue weighted by atomic mass is 79.9. The number of carbonyl (C=O) groups is 1. The van der Waals surface area contributed by atoms with Crippen molar-refractivity contribution in [3.8, 4) is 0 Å². The maximum absolute atomic E-state index is 13.3. The lowest BCUT2D eigenvalue weighted by Crippen LogP contribution is -2.25. The summed E-state index contributed by atoms with van der Waals surface area (Å²) in [5.74, 6) is -0.750. The van der Waals surface area contributed by atoms with Crippen LogP contribution in [-0.2, 0) is 0 Å². The van der Waals surface area contributed by atoms with Crippen LogP contribution in [0.3, 0.4) is 0 Å². The molecule has 0 spiro atoms. The van der Waals surface area contributed by atoms with Gasteiger partial charge in [-0.1, -0.05) is 0 Å². The van der Waals surface area contributed by atoms with E-state index in [0.717, 1.165) is 0 Å². The Hall–Kier alpha value is -3.25. The molecule has 4 N–H and O–H groups in total. The summed E-state index contributed by atoms with van der Waals surface area (Å²) in [6.45, 7) is 0. The smallest absolute Gasteiger partial charge is 0.325 e. The Kier molecular flexibility index (Phi) is 5.24. The summed E-state index contributed by atoms with van der Waals surface area (Å²) < 4.78 is 22.9. The Labute approximate surface area is 153 Å². The topological polar surface area (TPSA) is 138 Å². The second-order valence-corrected chi connectivity index (χ2v) is 5.58. The molecule has 0 bridgehead atoms. The Bertz CT molecular complexity index is 943. The summed E-state index contributed by atoms with van der Waals surface area (Å²) in [4.78, 5) is 16.0. The van der Waals surface area contributed by atoms with Crippen molar-refractivity contribution in [2.45, 2.75) is 0 Å². The minimum Gasteiger partial charge on any atom is -0.470 e. The van der Waals surface area contributed by atoms with Crippen LogP contribution in [0.25, 0.3) is 0 Å². The number of amides is 2. The van der Waals surface area contributed by atoms with Crippen molar-refractivity contribution in [1.82, 2.24) is 15.8 Å². The molecule has 12 heteroatoms. The lowest BCUT2D eigenvalue weighted by atomic mass is 10.3. The molecule has 2 aromatic heterocycles. The third-order valence-corrected chi connectivity index (χ3v) is 3.58. The van der Waals surface area contributed by atoms with E-state index in [2.05, 4.69) is 46.5 Å². The number of hydrogen-bond acceptors (Lipinski definition) is 7. The summed E-state index contributed by atoms with van der Waals surface area (Å²) in [5.41, 5.74) is 2.48. The maximum Gasteiger partial charge on any atom is 0.325 e. The normalized spacial score (nSPS) is 11.3. The van der Waals surface area contributed by atoms with Gasteiger partial charge in [0, 0.05) is 6.07 Å². The molecule has 3 rings (SSSR count). The van der Waals surface area contributed by atoms with Gasteiger partial charge in [0.2, 0.25) is 5.82 Å². The molecule has 2 amide bonds. The molecular formula is C14H10BrFN6O4. The van der Waals surface area contributed by atoms with E-state index in [1.807, 2.05) is 5.48 Å². The Morgan fingerprint density at radius 1 is 1.27 bits per heavy atom. The maximum atomic E-state index is 13.3. The van der Waals surface area contributed by atoms with E-state index in [9.17, 15) is 14.4 Å². The molecule has 0 radical (unpaired) electrons. The first-order valence-corrected chi connectivity index (χ1v) is 7.73. The number of benzene rings is 1. The zero-order chi connectivity index (χ0) is 18.5. The Morgan fingerprint density at radius 2 is 2.12 bits per heavy atom. The number of furan rings is 1. The van der Waals surface area contributed by atoms with Crippen molar-refractivity contribution in [2.75, 3.05) is 10.6 Å².